The summed E-state index contributed by atoms with van der Waals surface area (Å²) in [6.45, 7) is 4.02. The summed E-state index contributed by atoms with van der Waals surface area (Å²) in [5.41, 5.74) is 0.0154. The first-order valence-electron chi connectivity index (χ1n) is 4.76. The van der Waals surface area contributed by atoms with Gasteiger partial charge in [-0.1, -0.05) is 19.9 Å². The third-order valence-electron chi connectivity index (χ3n) is 1.58. The molecule has 0 aromatic rings. The Bertz CT molecular complexity index is 318. The van der Waals surface area contributed by atoms with Gasteiger partial charge in [-0.05, 0) is 12.3 Å². The number of esters is 1. The Morgan fingerprint density at radius 2 is 2.13 bits per heavy atom. The van der Waals surface area contributed by atoms with Gasteiger partial charge in [0, 0.05) is 0 Å². The molecule has 0 heterocycles. The van der Waals surface area contributed by atoms with Crippen molar-refractivity contribution in [2.24, 2.45) is 5.92 Å². The fraction of sp³-hybridized carbons (Fsp3) is 0.545. The molecule has 0 rings (SSSR count). The molecule has 0 aromatic heterocycles. The first-order chi connectivity index (χ1) is 7.11. The van der Waals surface area contributed by atoms with Gasteiger partial charge in [-0.25, -0.2) is 4.79 Å². The molecule has 0 bridgehead atoms. The van der Waals surface area contributed by atoms with Crippen LogP contribution < -0.4 is 0 Å². The lowest BCUT2D eigenvalue weighted by atomic mass is 10.1. The zero-order valence-corrected chi connectivity index (χ0v) is 8.99. The van der Waals surface area contributed by atoms with Gasteiger partial charge < -0.3 is 4.74 Å². The summed E-state index contributed by atoms with van der Waals surface area (Å²) in [6.07, 6.45) is 2.38. The van der Waals surface area contributed by atoms with Crippen LogP contribution in [0.1, 0.15) is 26.7 Å². The minimum absolute atomic E-state index is 0.0154. The minimum atomic E-state index is -0.645. The monoisotopic (exact) mass is 206 g/mol. The molecule has 0 unspecified atom stereocenters. The summed E-state index contributed by atoms with van der Waals surface area (Å²) >= 11 is 0. The maximum Gasteiger partial charge on any atom is 0.348 e. The van der Waals surface area contributed by atoms with Gasteiger partial charge in [0.25, 0.3) is 0 Å². The molecule has 0 atom stereocenters. The van der Waals surface area contributed by atoms with E-state index in [1.807, 2.05) is 19.9 Å². The maximum atomic E-state index is 11.2. The van der Waals surface area contributed by atoms with E-state index in [2.05, 4.69) is 0 Å². The van der Waals surface area contributed by atoms with Crippen molar-refractivity contribution in [2.45, 2.75) is 26.7 Å². The Balaban J connectivity index is 4.19. The van der Waals surface area contributed by atoms with Crippen LogP contribution in [0.5, 0.6) is 0 Å². The van der Waals surface area contributed by atoms with Gasteiger partial charge in [-0.2, -0.15) is 10.5 Å². The van der Waals surface area contributed by atoms with E-state index in [1.54, 1.807) is 12.1 Å². The van der Waals surface area contributed by atoms with Crippen LogP contribution >= 0.6 is 0 Å². The molecule has 15 heavy (non-hydrogen) atoms. The molecule has 0 saturated carbocycles. The Kier molecular flexibility index (Phi) is 6.67. The predicted octanol–water partition coefficient (Wildman–Crippen LogP) is 1.94. The minimum Gasteiger partial charge on any atom is -0.460 e. The number of hydrogen-bond acceptors (Lipinski definition) is 4. The standard InChI is InChI=1S/C11H14N2O2/c1-9(2)4-5-10(8-13)11(14)15-7-3-6-12/h5,9H,3-4,7H2,1-2H3. The van der Waals surface area contributed by atoms with Crippen molar-refractivity contribution in [1.82, 2.24) is 0 Å². The number of ether oxygens (including phenoxy) is 1. The molecule has 0 aliphatic carbocycles. The summed E-state index contributed by atoms with van der Waals surface area (Å²) < 4.78 is 4.72. The molecule has 0 radical (unpaired) electrons. The van der Waals surface area contributed by atoms with E-state index in [9.17, 15) is 4.79 Å². The lowest BCUT2D eigenvalue weighted by molar-refractivity contribution is -0.138. The molecular formula is C11H14N2O2. The van der Waals surface area contributed by atoms with Crippen molar-refractivity contribution in [2.75, 3.05) is 6.61 Å². The van der Waals surface area contributed by atoms with E-state index < -0.39 is 5.97 Å². The van der Waals surface area contributed by atoms with Crippen molar-refractivity contribution in [1.29, 1.82) is 10.5 Å². The third-order valence-corrected chi connectivity index (χ3v) is 1.58. The number of nitriles is 2. The topological polar surface area (TPSA) is 73.9 Å². The Hall–Kier alpha value is -1.81. The summed E-state index contributed by atoms with van der Waals surface area (Å²) in [4.78, 5) is 11.2. The SMILES string of the molecule is CC(C)CC=C(C#N)C(=O)OCCC#N. The van der Waals surface area contributed by atoms with Gasteiger partial charge in [0.15, 0.2) is 0 Å². The molecular weight excluding hydrogens is 192 g/mol. The van der Waals surface area contributed by atoms with E-state index in [0.29, 0.717) is 12.3 Å². The number of rotatable bonds is 5. The van der Waals surface area contributed by atoms with Crippen LogP contribution in [0, 0.1) is 28.6 Å². The number of allylic oxidation sites excluding steroid dienone is 1. The maximum absolute atomic E-state index is 11.2. The zero-order valence-electron chi connectivity index (χ0n) is 8.99. The fourth-order valence-corrected chi connectivity index (χ4v) is 0.795. The molecule has 0 aliphatic rings. The van der Waals surface area contributed by atoms with Crippen molar-refractivity contribution in [3.05, 3.63) is 11.6 Å². The predicted molar refractivity (Wildman–Crippen MR) is 54.3 cm³/mol. The smallest absolute Gasteiger partial charge is 0.348 e. The van der Waals surface area contributed by atoms with E-state index in [4.69, 9.17) is 15.3 Å². The summed E-state index contributed by atoms with van der Waals surface area (Å²) in [5, 5.41) is 16.9. The van der Waals surface area contributed by atoms with Crippen molar-refractivity contribution in [3.63, 3.8) is 0 Å². The van der Waals surface area contributed by atoms with Gasteiger partial charge in [-0.15, -0.1) is 0 Å². The molecule has 0 fully saturated rings. The second-order valence-corrected chi connectivity index (χ2v) is 3.40. The van der Waals surface area contributed by atoms with Gasteiger partial charge >= 0.3 is 5.97 Å². The highest BCUT2D eigenvalue weighted by Gasteiger charge is 2.09. The summed E-state index contributed by atoms with van der Waals surface area (Å²) in [5.74, 6) is -0.256. The second kappa shape index (κ2) is 7.58. The lowest BCUT2D eigenvalue weighted by Crippen LogP contribution is -2.08. The highest BCUT2D eigenvalue weighted by Crippen LogP contribution is 2.05. The molecule has 0 aromatic carbocycles. The van der Waals surface area contributed by atoms with Gasteiger partial charge in [0.05, 0.1) is 12.5 Å². The van der Waals surface area contributed by atoms with E-state index >= 15 is 0 Å². The first kappa shape index (κ1) is 13.2. The normalized spacial score (nSPS) is 10.6. The number of nitrogens with zero attached hydrogens (tertiary/aromatic N) is 2. The zero-order chi connectivity index (χ0) is 11.7. The number of carbonyl (C=O) groups is 1. The van der Waals surface area contributed by atoms with Crippen LogP contribution in [0.4, 0.5) is 0 Å². The molecule has 4 heteroatoms. The average molecular weight is 206 g/mol. The van der Waals surface area contributed by atoms with Crippen LogP contribution in [0.25, 0.3) is 0 Å². The molecule has 0 N–H and O–H groups in total. The van der Waals surface area contributed by atoms with E-state index in [-0.39, 0.29) is 18.6 Å². The highest BCUT2D eigenvalue weighted by molar-refractivity contribution is 5.92. The van der Waals surface area contributed by atoms with Crippen LogP contribution in [0.3, 0.4) is 0 Å². The van der Waals surface area contributed by atoms with E-state index in [1.165, 1.54) is 0 Å². The van der Waals surface area contributed by atoms with Crippen LogP contribution in [-0.2, 0) is 9.53 Å². The van der Waals surface area contributed by atoms with Crippen molar-refractivity contribution < 1.29 is 9.53 Å². The van der Waals surface area contributed by atoms with Crippen LogP contribution in [0.15, 0.2) is 11.6 Å². The average Bonchev–Trinajstić information content (AvgIpc) is 2.18. The highest BCUT2D eigenvalue weighted by atomic mass is 16.5. The molecule has 0 aliphatic heterocycles. The Labute approximate surface area is 89.8 Å². The Morgan fingerprint density at radius 3 is 2.60 bits per heavy atom. The number of hydrogen-bond donors (Lipinski definition) is 0. The molecule has 0 spiro atoms. The summed E-state index contributed by atoms with van der Waals surface area (Å²) in [6, 6.07) is 3.64. The van der Waals surface area contributed by atoms with Crippen LogP contribution in [-0.4, -0.2) is 12.6 Å². The second-order valence-electron chi connectivity index (χ2n) is 3.40. The molecule has 0 saturated heterocycles. The van der Waals surface area contributed by atoms with Crippen molar-refractivity contribution in [3.8, 4) is 12.1 Å². The summed E-state index contributed by atoms with van der Waals surface area (Å²) in [7, 11) is 0. The molecule has 4 nitrogen and oxygen atoms in total. The van der Waals surface area contributed by atoms with Gasteiger partial charge in [0.1, 0.15) is 18.2 Å². The van der Waals surface area contributed by atoms with Crippen molar-refractivity contribution >= 4 is 5.97 Å². The van der Waals surface area contributed by atoms with E-state index in [0.717, 1.165) is 0 Å². The fourth-order valence-electron chi connectivity index (χ4n) is 0.795. The Morgan fingerprint density at radius 1 is 1.47 bits per heavy atom. The number of carbonyl (C=O) groups excluding carboxylic acids is 1. The molecule has 0 amide bonds. The third kappa shape index (κ3) is 6.29. The van der Waals surface area contributed by atoms with Crippen LogP contribution in [0.2, 0.25) is 0 Å². The van der Waals surface area contributed by atoms with Gasteiger partial charge in [0.2, 0.25) is 0 Å². The first-order valence-corrected chi connectivity index (χ1v) is 4.76. The van der Waals surface area contributed by atoms with Gasteiger partial charge in [-0.3, -0.25) is 0 Å². The largest absolute Gasteiger partial charge is 0.460 e. The molecule has 80 valence electrons. The lowest BCUT2D eigenvalue weighted by Gasteiger charge is -2.01. The quantitative estimate of drug-likeness (QED) is 0.298.